The van der Waals surface area contributed by atoms with Gasteiger partial charge in [0.15, 0.2) is 0 Å². The Labute approximate surface area is 183 Å². The highest BCUT2D eigenvalue weighted by Crippen LogP contribution is 2.35. The third-order valence-corrected chi connectivity index (χ3v) is 8.01. The van der Waals surface area contributed by atoms with Crippen molar-refractivity contribution in [3.63, 3.8) is 0 Å². The molecule has 3 atom stereocenters. The third-order valence-electron chi connectivity index (χ3n) is 8.01. The molecule has 1 saturated carbocycles. The van der Waals surface area contributed by atoms with Crippen molar-refractivity contribution in [2.45, 2.75) is 88.4 Å². The zero-order chi connectivity index (χ0) is 21.6. The van der Waals surface area contributed by atoms with Crippen molar-refractivity contribution in [1.29, 1.82) is 0 Å². The molecule has 3 fully saturated rings. The van der Waals surface area contributed by atoms with Gasteiger partial charge in [0.25, 0.3) is 0 Å². The number of piperidine rings is 1. The molecule has 3 aliphatic heterocycles. The van der Waals surface area contributed by atoms with Crippen LogP contribution >= 0.6 is 0 Å². The highest BCUT2D eigenvalue weighted by molar-refractivity contribution is 5.88. The number of carbonyl (C=O) groups is 2. The average Bonchev–Trinajstić information content (AvgIpc) is 3.37. The summed E-state index contributed by atoms with van der Waals surface area (Å²) in [4.78, 5) is 27.2. The van der Waals surface area contributed by atoms with Gasteiger partial charge in [-0.15, -0.1) is 0 Å². The number of hydrogen-bond acceptors (Lipinski definition) is 4. The maximum atomic E-state index is 14.2. The van der Waals surface area contributed by atoms with Crippen LogP contribution in [-0.4, -0.2) is 53.5 Å². The molecule has 3 N–H and O–H groups in total. The fourth-order valence-corrected chi connectivity index (χ4v) is 6.12. The summed E-state index contributed by atoms with van der Waals surface area (Å²) in [7, 11) is 0. The molecule has 1 aromatic rings. The number of nitrogens with zero attached hydrogens (tertiary/aromatic N) is 1. The van der Waals surface area contributed by atoms with Crippen LogP contribution in [0.3, 0.4) is 0 Å². The Morgan fingerprint density at radius 1 is 1.23 bits per heavy atom. The molecule has 1 spiro atoms. The van der Waals surface area contributed by atoms with Crippen LogP contribution in [-0.2, 0) is 16.0 Å². The Balaban J connectivity index is 1.15. The van der Waals surface area contributed by atoms with Gasteiger partial charge in [-0.2, -0.15) is 0 Å². The number of rotatable bonds is 3. The maximum Gasteiger partial charge on any atom is 0.243 e. The molecular weight excluding hydrogens is 395 g/mol. The largest absolute Gasteiger partial charge is 0.373 e. The Kier molecular flexibility index (Phi) is 5.40. The van der Waals surface area contributed by atoms with Crippen LogP contribution in [0.15, 0.2) is 12.1 Å². The van der Waals surface area contributed by atoms with Crippen LogP contribution in [0.1, 0.15) is 62.5 Å². The van der Waals surface area contributed by atoms with Gasteiger partial charge in [0.1, 0.15) is 11.9 Å². The molecule has 3 heterocycles. The summed E-state index contributed by atoms with van der Waals surface area (Å²) >= 11 is 0. The van der Waals surface area contributed by atoms with Crippen LogP contribution in [0.2, 0.25) is 0 Å². The summed E-state index contributed by atoms with van der Waals surface area (Å²) < 4.78 is 14.2. The third kappa shape index (κ3) is 4.04. The predicted octanol–water partition coefficient (Wildman–Crippen LogP) is 2.64. The molecule has 0 aromatic heterocycles. The lowest BCUT2D eigenvalue weighted by Crippen LogP contribution is -2.55. The smallest absolute Gasteiger partial charge is 0.243 e. The van der Waals surface area contributed by atoms with Crippen LogP contribution in [0, 0.1) is 12.7 Å². The fraction of sp³-hybridized carbons (Fsp3) is 0.667. The van der Waals surface area contributed by atoms with E-state index in [-0.39, 0.29) is 29.2 Å². The predicted molar refractivity (Wildman–Crippen MR) is 117 cm³/mol. The minimum Gasteiger partial charge on any atom is -0.373 e. The molecule has 7 heteroatoms. The second-order valence-corrected chi connectivity index (χ2v) is 10.0. The Morgan fingerprint density at radius 3 is 2.74 bits per heavy atom. The number of hydrogen-bond donors (Lipinski definition) is 3. The normalized spacial score (nSPS) is 30.0. The zero-order valence-corrected chi connectivity index (χ0v) is 18.3. The number of benzene rings is 1. The first kappa shape index (κ1) is 20.7. The quantitative estimate of drug-likeness (QED) is 0.692. The number of halogens is 1. The average molecular weight is 429 g/mol. The lowest BCUT2D eigenvalue weighted by molar-refractivity contribution is -0.122. The molecule has 0 bridgehead atoms. The van der Waals surface area contributed by atoms with E-state index in [0.29, 0.717) is 24.4 Å². The van der Waals surface area contributed by atoms with Crippen LogP contribution < -0.4 is 16.0 Å². The summed E-state index contributed by atoms with van der Waals surface area (Å²) in [5, 5.41) is 9.71. The van der Waals surface area contributed by atoms with Crippen molar-refractivity contribution < 1.29 is 14.0 Å². The number of nitrogens with one attached hydrogen (secondary N) is 3. The van der Waals surface area contributed by atoms with Gasteiger partial charge in [-0.3, -0.25) is 9.59 Å². The van der Waals surface area contributed by atoms with Gasteiger partial charge in [0, 0.05) is 54.8 Å². The van der Waals surface area contributed by atoms with E-state index < -0.39 is 6.04 Å². The lowest BCUT2D eigenvalue weighted by atomic mass is 9.83. The van der Waals surface area contributed by atoms with E-state index in [1.165, 1.54) is 12.5 Å². The van der Waals surface area contributed by atoms with E-state index in [1.54, 1.807) is 6.07 Å². The summed E-state index contributed by atoms with van der Waals surface area (Å²) in [6.45, 7) is 3.98. The molecular formula is C24H33FN4O2. The highest BCUT2D eigenvalue weighted by atomic mass is 19.1. The number of anilines is 1. The van der Waals surface area contributed by atoms with Gasteiger partial charge in [-0.25, -0.2) is 4.39 Å². The van der Waals surface area contributed by atoms with Crippen LogP contribution in [0.5, 0.6) is 0 Å². The second-order valence-electron chi connectivity index (χ2n) is 10.0. The minimum absolute atomic E-state index is 0.0214. The molecule has 1 aromatic carbocycles. The molecule has 5 rings (SSSR count). The monoisotopic (exact) mass is 428 g/mol. The molecule has 168 valence electrons. The van der Waals surface area contributed by atoms with Gasteiger partial charge in [0.2, 0.25) is 11.8 Å². The van der Waals surface area contributed by atoms with Crippen molar-refractivity contribution in [3.05, 3.63) is 29.1 Å². The first-order valence-electron chi connectivity index (χ1n) is 11.8. The topological polar surface area (TPSA) is 73.5 Å². The molecule has 1 unspecified atom stereocenters. The molecule has 2 saturated heterocycles. The molecule has 2 amide bonds. The Morgan fingerprint density at radius 2 is 2.03 bits per heavy atom. The zero-order valence-electron chi connectivity index (χ0n) is 18.3. The van der Waals surface area contributed by atoms with E-state index in [2.05, 4.69) is 20.9 Å². The van der Waals surface area contributed by atoms with Crippen LogP contribution in [0.4, 0.5) is 10.1 Å². The number of fused-ring (bicyclic) bond motifs is 1. The van der Waals surface area contributed by atoms with Crippen molar-refractivity contribution in [3.8, 4) is 0 Å². The van der Waals surface area contributed by atoms with E-state index in [1.807, 2.05) is 6.92 Å². The molecule has 0 radical (unpaired) electrons. The van der Waals surface area contributed by atoms with Crippen molar-refractivity contribution in [2.24, 2.45) is 0 Å². The first-order chi connectivity index (χ1) is 14.9. The summed E-state index contributed by atoms with van der Waals surface area (Å²) in [6, 6.07) is 3.51. The summed E-state index contributed by atoms with van der Waals surface area (Å²) in [5.41, 5.74) is 2.42. The first-order valence-corrected chi connectivity index (χ1v) is 11.8. The van der Waals surface area contributed by atoms with Crippen LogP contribution in [0.25, 0.3) is 0 Å². The van der Waals surface area contributed by atoms with Crippen molar-refractivity contribution >= 4 is 17.5 Å². The van der Waals surface area contributed by atoms with E-state index >= 15 is 0 Å². The van der Waals surface area contributed by atoms with Gasteiger partial charge >= 0.3 is 0 Å². The number of aryl methyl sites for hydroxylation is 1. The maximum absolute atomic E-state index is 14.2. The standard InChI is InChI=1S/C24H33FN4O2/c1-15-5-6-19(25)18-14-20(27-22(15)18)23(31)26-16-3-2-4-17(13-16)29-11-9-24(10-12-29)8-7-21(30)28-24/h5-6,16-17,20,27H,2-4,7-14H2,1H3,(H,26,31)(H,28,30)/t16-,17+,20?/m1/s1. The summed E-state index contributed by atoms with van der Waals surface area (Å²) in [6.07, 6.45) is 8.36. The highest BCUT2D eigenvalue weighted by Gasteiger charge is 2.42. The summed E-state index contributed by atoms with van der Waals surface area (Å²) in [5.74, 6) is -0.0546. The van der Waals surface area contributed by atoms with Gasteiger partial charge in [-0.05, 0) is 63.5 Å². The molecule has 1 aliphatic carbocycles. The van der Waals surface area contributed by atoms with Crippen molar-refractivity contribution in [1.82, 2.24) is 15.5 Å². The molecule has 6 nitrogen and oxygen atoms in total. The molecule has 31 heavy (non-hydrogen) atoms. The Bertz CT molecular complexity index is 850. The van der Waals surface area contributed by atoms with E-state index in [9.17, 15) is 14.0 Å². The van der Waals surface area contributed by atoms with Gasteiger partial charge < -0.3 is 20.9 Å². The number of amides is 2. The number of likely N-dealkylation sites (tertiary alicyclic amines) is 1. The lowest BCUT2D eigenvalue weighted by Gasteiger charge is -2.45. The minimum atomic E-state index is -0.396. The fourth-order valence-electron chi connectivity index (χ4n) is 6.12. The Hall–Kier alpha value is -2.15. The second kappa shape index (κ2) is 8.08. The van der Waals surface area contributed by atoms with E-state index in [4.69, 9.17) is 0 Å². The van der Waals surface area contributed by atoms with Crippen molar-refractivity contribution in [2.75, 3.05) is 18.4 Å². The SMILES string of the molecule is Cc1ccc(F)c2c1NC(C(=O)N[C@@H]1CCC[C@H](N3CCC4(CCC(=O)N4)CC3)C1)C2. The number of carbonyl (C=O) groups excluding carboxylic acids is 2. The van der Waals surface area contributed by atoms with Gasteiger partial charge in [-0.1, -0.05) is 6.07 Å². The van der Waals surface area contributed by atoms with E-state index in [0.717, 1.165) is 62.9 Å². The van der Waals surface area contributed by atoms with Gasteiger partial charge in [0.05, 0.1) is 0 Å². The molecule has 4 aliphatic rings.